The molecule has 0 saturated carbocycles. The van der Waals surface area contributed by atoms with Gasteiger partial charge in [-0.1, -0.05) is 41.9 Å². The minimum atomic E-state index is -4.02. The van der Waals surface area contributed by atoms with E-state index in [2.05, 4.69) is 0 Å². The second-order valence-corrected chi connectivity index (χ2v) is 5.93. The van der Waals surface area contributed by atoms with Gasteiger partial charge in [-0.25, -0.2) is 4.18 Å². The molecule has 0 aliphatic rings. The monoisotopic (exact) mass is 307 g/mol. The van der Waals surface area contributed by atoms with E-state index in [1.165, 1.54) is 24.3 Å². The van der Waals surface area contributed by atoms with Gasteiger partial charge < -0.3 is 0 Å². The largest absolute Gasteiger partial charge is 0.298 e. The summed E-state index contributed by atoms with van der Waals surface area (Å²) in [6.45, 7) is 0. The SMILES string of the molecule is N#CC(OS(=O)(=O)c1ccc(Cl)cc1)c1ccccc1. The van der Waals surface area contributed by atoms with Gasteiger partial charge in [-0.05, 0) is 29.8 Å². The maximum atomic E-state index is 12.1. The fourth-order valence-electron chi connectivity index (χ4n) is 1.56. The van der Waals surface area contributed by atoms with Gasteiger partial charge in [0, 0.05) is 5.02 Å². The van der Waals surface area contributed by atoms with E-state index in [0.29, 0.717) is 10.6 Å². The first kappa shape index (κ1) is 14.5. The third-order valence-electron chi connectivity index (χ3n) is 2.54. The van der Waals surface area contributed by atoms with Gasteiger partial charge in [0.05, 0.1) is 4.90 Å². The summed E-state index contributed by atoms with van der Waals surface area (Å²) in [5.41, 5.74) is 0.479. The van der Waals surface area contributed by atoms with Crippen molar-refractivity contribution in [2.45, 2.75) is 11.0 Å². The molecule has 0 aromatic heterocycles. The smallest absolute Gasteiger partial charge is 0.243 e. The maximum Gasteiger partial charge on any atom is 0.298 e. The van der Waals surface area contributed by atoms with Crippen LogP contribution < -0.4 is 0 Å². The van der Waals surface area contributed by atoms with Crippen LogP contribution in [0, 0.1) is 11.3 Å². The highest BCUT2D eigenvalue weighted by Gasteiger charge is 2.22. The average Bonchev–Trinajstić information content (AvgIpc) is 2.46. The lowest BCUT2D eigenvalue weighted by Crippen LogP contribution is -2.11. The van der Waals surface area contributed by atoms with Crippen LogP contribution in [0.15, 0.2) is 59.5 Å². The highest BCUT2D eigenvalue weighted by Crippen LogP contribution is 2.24. The molecular weight excluding hydrogens is 298 g/mol. The van der Waals surface area contributed by atoms with E-state index in [0.717, 1.165) is 0 Å². The molecule has 20 heavy (non-hydrogen) atoms. The zero-order valence-electron chi connectivity index (χ0n) is 10.2. The van der Waals surface area contributed by atoms with Crippen LogP contribution in [0.4, 0.5) is 0 Å². The summed E-state index contributed by atoms with van der Waals surface area (Å²) < 4.78 is 29.1. The molecule has 0 saturated heterocycles. The first-order chi connectivity index (χ1) is 9.53. The molecule has 0 heterocycles. The molecule has 0 radical (unpaired) electrons. The van der Waals surface area contributed by atoms with Crippen molar-refractivity contribution >= 4 is 21.7 Å². The van der Waals surface area contributed by atoms with Crippen molar-refractivity contribution in [1.29, 1.82) is 5.26 Å². The number of benzene rings is 2. The fraction of sp³-hybridized carbons (Fsp3) is 0.0714. The summed E-state index contributed by atoms with van der Waals surface area (Å²) >= 11 is 5.70. The molecule has 6 heteroatoms. The third kappa shape index (κ3) is 3.36. The van der Waals surface area contributed by atoms with E-state index in [1.54, 1.807) is 30.3 Å². The van der Waals surface area contributed by atoms with Crippen molar-refractivity contribution in [3.8, 4) is 6.07 Å². The van der Waals surface area contributed by atoms with Gasteiger partial charge in [0.2, 0.25) is 0 Å². The number of rotatable bonds is 4. The maximum absolute atomic E-state index is 12.1. The Morgan fingerprint density at radius 2 is 1.65 bits per heavy atom. The standard InChI is InChI=1S/C14H10ClNO3S/c15-12-6-8-13(9-7-12)20(17,18)19-14(10-16)11-4-2-1-3-5-11/h1-9,14H. The highest BCUT2D eigenvalue weighted by atomic mass is 35.5. The molecule has 0 N–H and O–H groups in total. The molecule has 0 aliphatic carbocycles. The molecule has 102 valence electrons. The molecule has 2 rings (SSSR count). The van der Waals surface area contributed by atoms with E-state index in [4.69, 9.17) is 21.0 Å². The summed E-state index contributed by atoms with van der Waals surface area (Å²) in [6.07, 6.45) is -1.18. The average molecular weight is 308 g/mol. The van der Waals surface area contributed by atoms with E-state index in [1.807, 2.05) is 6.07 Å². The van der Waals surface area contributed by atoms with Crippen LogP contribution in [0.5, 0.6) is 0 Å². The molecule has 0 bridgehead atoms. The van der Waals surface area contributed by atoms with Gasteiger partial charge in [-0.2, -0.15) is 13.7 Å². The summed E-state index contributed by atoms with van der Waals surface area (Å²) in [5, 5.41) is 9.49. The quantitative estimate of drug-likeness (QED) is 0.813. The molecule has 0 amide bonds. The molecule has 0 aliphatic heterocycles. The molecule has 4 nitrogen and oxygen atoms in total. The van der Waals surface area contributed by atoms with E-state index >= 15 is 0 Å². The van der Waals surface area contributed by atoms with Gasteiger partial charge in [0.15, 0.2) is 6.10 Å². The number of nitrogens with zero attached hydrogens (tertiary/aromatic N) is 1. The van der Waals surface area contributed by atoms with Crippen LogP contribution in [-0.2, 0) is 14.3 Å². The molecule has 2 aromatic rings. The van der Waals surface area contributed by atoms with Crippen LogP contribution in [0.3, 0.4) is 0 Å². The number of hydrogen-bond donors (Lipinski definition) is 0. The van der Waals surface area contributed by atoms with Crippen LogP contribution in [-0.4, -0.2) is 8.42 Å². The second kappa shape index (κ2) is 6.06. The zero-order chi connectivity index (χ0) is 14.6. The van der Waals surface area contributed by atoms with Crippen molar-refractivity contribution in [3.05, 3.63) is 65.2 Å². The second-order valence-electron chi connectivity index (χ2n) is 3.92. The van der Waals surface area contributed by atoms with Crippen molar-refractivity contribution in [1.82, 2.24) is 0 Å². The normalized spacial score (nSPS) is 12.6. The topological polar surface area (TPSA) is 67.2 Å². The number of halogens is 1. The first-order valence-corrected chi connectivity index (χ1v) is 7.45. The lowest BCUT2D eigenvalue weighted by Gasteiger charge is -2.11. The molecular formula is C14H10ClNO3S. The zero-order valence-corrected chi connectivity index (χ0v) is 11.8. The molecule has 1 atom stereocenters. The Balaban J connectivity index is 2.28. The Kier molecular flexibility index (Phi) is 4.40. The minimum absolute atomic E-state index is 0.0434. The van der Waals surface area contributed by atoms with Crippen molar-refractivity contribution in [2.24, 2.45) is 0 Å². The molecule has 0 spiro atoms. The van der Waals surface area contributed by atoms with E-state index in [-0.39, 0.29) is 4.90 Å². The van der Waals surface area contributed by atoms with Crippen molar-refractivity contribution < 1.29 is 12.6 Å². The lowest BCUT2D eigenvalue weighted by molar-refractivity contribution is 0.268. The van der Waals surface area contributed by atoms with Crippen LogP contribution >= 0.6 is 11.6 Å². The predicted molar refractivity (Wildman–Crippen MR) is 74.5 cm³/mol. The Hall–Kier alpha value is -1.87. The van der Waals surface area contributed by atoms with Gasteiger partial charge in [-0.15, -0.1) is 0 Å². The molecule has 0 fully saturated rings. The van der Waals surface area contributed by atoms with Crippen LogP contribution in [0.1, 0.15) is 11.7 Å². The first-order valence-electron chi connectivity index (χ1n) is 5.66. The van der Waals surface area contributed by atoms with Gasteiger partial charge >= 0.3 is 0 Å². The van der Waals surface area contributed by atoms with Crippen LogP contribution in [0.2, 0.25) is 5.02 Å². The number of nitriles is 1. The van der Waals surface area contributed by atoms with Crippen LogP contribution in [0.25, 0.3) is 0 Å². The van der Waals surface area contributed by atoms with Crippen molar-refractivity contribution in [2.75, 3.05) is 0 Å². The van der Waals surface area contributed by atoms with Gasteiger partial charge in [0.1, 0.15) is 6.07 Å². The Bertz CT molecular complexity index is 721. The summed E-state index contributed by atoms with van der Waals surface area (Å²) in [7, 11) is -4.02. The predicted octanol–water partition coefficient (Wildman–Crippen LogP) is 3.31. The summed E-state index contributed by atoms with van der Waals surface area (Å²) in [5.74, 6) is 0. The van der Waals surface area contributed by atoms with Crippen molar-refractivity contribution in [3.63, 3.8) is 0 Å². The number of hydrogen-bond acceptors (Lipinski definition) is 4. The van der Waals surface area contributed by atoms with E-state index < -0.39 is 16.2 Å². The molecule has 2 aromatic carbocycles. The Morgan fingerprint density at radius 1 is 1.05 bits per heavy atom. The fourth-order valence-corrected chi connectivity index (χ4v) is 2.68. The Labute approximate surface area is 122 Å². The summed E-state index contributed by atoms with van der Waals surface area (Å²) in [6, 6.07) is 15.8. The summed E-state index contributed by atoms with van der Waals surface area (Å²) in [4.78, 5) is -0.0434. The van der Waals surface area contributed by atoms with E-state index in [9.17, 15) is 8.42 Å². The third-order valence-corrected chi connectivity index (χ3v) is 4.09. The van der Waals surface area contributed by atoms with Gasteiger partial charge in [0.25, 0.3) is 10.1 Å². The lowest BCUT2D eigenvalue weighted by atomic mass is 10.1. The highest BCUT2D eigenvalue weighted by molar-refractivity contribution is 7.86. The Morgan fingerprint density at radius 3 is 2.20 bits per heavy atom. The van der Waals surface area contributed by atoms with Gasteiger partial charge in [-0.3, -0.25) is 0 Å². The minimum Gasteiger partial charge on any atom is -0.243 e. The molecule has 1 unspecified atom stereocenters.